The van der Waals surface area contributed by atoms with Crippen LogP contribution < -0.4 is 27.9 Å². The van der Waals surface area contributed by atoms with Gasteiger partial charge in [-0.3, -0.25) is 9.59 Å². The van der Waals surface area contributed by atoms with Crippen molar-refractivity contribution in [2.45, 2.75) is 13.1 Å². The van der Waals surface area contributed by atoms with Crippen molar-refractivity contribution in [2.24, 2.45) is 0 Å². The van der Waals surface area contributed by atoms with Crippen molar-refractivity contribution in [1.29, 1.82) is 0 Å². The Morgan fingerprint density at radius 1 is 1.03 bits per heavy atom. The number of hydrogen-bond acceptors (Lipinski definition) is 4. The minimum Gasteiger partial charge on any atom is -1.00 e. The molecule has 0 unspecified atom stereocenters. The second kappa shape index (κ2) is 9.87. The minimum absolute atomic E-state index is 0. The molecule has 0 saturated carbocycles. The Morgan fingerprint density at radius 2 is 1.77 bits per heavy atom. The number of hydrogen-bond donors (Lipinski definition) is 1. The van der Waals surface area contributed by atoms with Gasteiger partial charge in [0.1, 0.15) is 5.52 Å². The van der Waals surface area contributed by atoms with Gasteiger partial charge in [-0.1, -0.05) is 46.6 Å². The maximum Gasteiger partial charge on any atom is 0.290 e. The Hall–Kier alpha value is -3.00. The number of carbonyl (C=O) groups is 1. The molecular weight excluding hydrogens is 461 g/mol. The predicted molar refractivity (Wildman–Crippen MR) is 115 cm³/mol. The highest BCUT2D eigenvalue weighted by molar-refractivity contribution is 6.43. The Morgan fingerprint density at radius 3 is 2.55 bits per heavy atom. The number of rotatable bonds is 5. The topological polar surface area (TPSA) is 80.8 Å². The van der Waals surface area contributed by atoms with E-state index in [1.54, 1.807) is 53.4 Å². The van der Waals surface area contributed by atoms with E-state index >= 15 is 0 Å². The number of carbonyl (C=O) groups excluding carboxylic acids is 1. The average molecular weight is 477 g/mol. The molecule has 10 heteroatoms. The molecule has 0 spiro atoms. The van der Waals surface area contributed by atoms with Crippen LogP contribution in [0.4, 0.5) is 5.69 Å². The van der Waals surface area contributed by atoms with E-state index in [1.165, 1.54) is 4.68 Å². The number of fused-ring (bicyclic) bond motifs is 1. The number of nitrogens with zero attached hydrogens (tertiary/aromatic N) is 4. The summed E-state index contributed by atoms with van der Waals surface area (Å²) in [5.41, 5.74) is 1.68. The second-order valence-electron chi connectivity index (χ2n) is 6.60. The van der Waals surface area contributed by atoms with Crippen molar-refractivity contribution in [2.75, 3.05) is 5.32 Å². The zero-order valence-corrected chi connectivity index (χ0v) is 18.3. The molecule has 4 aromatic rings. The van der Waals surface area contributed by atoms with Crippen molar-refractivity contribution in [1.82, 2.24) is 15.0 Å². The lowest BCUT2D eigenvalue weighted by Gasteiger charge is -2.07. The van der Waals surface area contributed by atoms with Gasteiger partial charge in [-0.15, -0.1) is 5.10 Å². The molecule has 0 atom stereocenters. The highest BCUT2D eigenvalue weighted by atomic mass is 35.5. The first-order valence-corrected chi connectivity index (χ1v) is 9.81. The maximum absolute atomic E-state index is 12.6. The SMILES string of the molecule is O=C(C[n+]1ccc(Cn2nnc3ccccc3c2=O)cc1)Nc1cccc(Cl)c1Cl.[Cl-]. The molecule has 0 bridgehead atoms. The van der Waals surface area contributed by atoms with Crippen LogP contribution in [0.5, 0.6) is 0 Å². The molecule has 2 aromatic carbocycles. The van der Waals surface area contributed by atoms with E-state index in [9.17, 15) is 9.59 Å². The summed E-state index contributed by atoms with van der Waals surface area (Å²) in [5.74, 6) is -0.242. The molecule has 158 valence electrons. The third kappa shape index (κ3) is 5.19. The molecule has 0 aliphatic rings. The first kappa shape index (κ1) is 22.7. The third-order valence-corrected chi connectivity index (χ3v) is 5.29. The van der Waals surface area contributed by atoms with E-state index in [2.05, 4.69) is 15.6 Å². The lowest BCUT2D eigenvalue weighted by Crippen LogP contribution is -3.00. The molecule has 0 aliphatic heterocycles. The standard InChI is InChI=1S/C21H15Cl2N5O2.ClH/c22-16-5-3-7-18(20(16)23)24-19(29)13-27-10-8-14(9-11-27)12-28-21(30)15-4-1-2-6-17(15)25-26-28;/h1-11H,12-13H2;1H. The van der Waals surface area contributed by atoms with Gasteiger partial charge in [0.15, 0.2) is 12.4 Å². The summed E-state index contributed by atoms with van der Waals surface area (Å²) in [6.07, 6.45) is 3.52. The van der Waals surface area contributed by atoms with Crippen molar-refractivity contribution < 1.29 is 21.8 Å². The van der Waals surface area contributed by atoms with Crippen molar-refractivity contribution in [3.63, 3.8) is 0 Å². The van der Waals surface area contributed by atoms with Crippen LogP contribution >= 0.6 is 23.2 Å². The Balaban J connectivity index is 0.00000272. The molecule has 2 heterocycles. The minimum atomic E-state index is -0.242. The van der Waals surface area contributed by atoms with Gasteiger partial charge in [-0.2, -0.15) is 4.57 Å². The lowest BCUT2D eigenvalue weighted by atomic mass is 10.2. The van der Waals surface area contributed by atoms with Crippen LogP contribution in [0.1, 0.15) is 5.56 Å². The number of aromatic nitrogens is 4. The van der Waals surface area contributed by atoms with Gasteiger partial charge < -0.3 is 17.7 Å². The van der Waals surface area contributed by atoms with Crippen molar-refractivity contribution >= 4 is 45.7 Å². The van der Waals surface area contributed by atoms with Crippen molar-refractivity contribution in [3.8, 4) is 0 Å². The fourth-order valence-corrected chi connectivity index (χ4v) is 3.30. The average Bonchev–Trinajstić information content (AvgIpc) is 2.75. The van der Waals surface area contributed by atoms with Gasteiger partial charge in [0.05, 0.1) is 27.7 Å². The lowest BCUT2D eigenvalue weighted by molar-refractivity contribution is -0.684. The predicted octanol–water partition coefficient (Wildman–Crippen LogP) is 0.0768. The maximum atomic E-state index is 12.6. The number of nitrogens with one attached hydrogen (secondary N) is 1. The normalized spacial score (nSPS) is 10.5. The highest BCUT2D eigenvalue weighted by Crippen LogP contribution is 2.29. The summed E-state index contributed by atoms with van der Waals surface area (Å²) < 4.78 is 3.03. The van der Waals surface area contributed by atoms with E-state index < -0.39 is 0 Å². The zero-order chi connectivity index (χ0) is 21.1. The van der Waals surface area contributed by atoms with Crippen molar-refractivity contribution in [3.05, 3.63) is 93.0 Å². The van der Waals surface area contributed by atoms with E-state index in [1.807, 2.05) is 18.2 Å². The van der Waals surface area contributed by atoms with Crippen LogP contribution in [0.15, 0.2) is 71.8 Å². The molecule has 0 radical (unpaired) electrons. The number of anilines is 1. The van der Waals surface area contributed by atoms with Gasteiger partial charge in [0, 0.05) is 12.1 Å². The summed E-state index contributed by atoms with van der Waals surface area (Å²) in [6.45, 7) is 0.376. The first-order chi connectivity index (χ1) is 14.5. The molecule has 0 fully saturated rings. The first-order valence-electron chi connectivity index (χ1n) is 9.05. The molecule has 2 aromatic heterocycles. The van der Waals surface area contributed by atoms with Crippen LogP contribution in [0.25, 0.3) is 10.9 Å². The summed E-state index contributed by atoms with van der Waals surface area (Å²) in [4.78, 5) is 24.8. The van der Waals surface area contributed by atoms with Gasteiger partial charge in [-0.05, 0) is 29.8 Å². The van der Waals surface area contributed by atoms with Gasteiger partial charge in [0.25, 0.3) is 11.5 Å². The van der Waals surface area contributed by atoms with Gasteiger partial charge in [-0.25, -0.2) is 4.68 Å². The van der Waals surface area contributed by atoms with E-state index in [4.69, 9.17) is 23.2 Å². The second-order valence-corrected chi connectivity index (χ2v) is 7.38. The van der Waals surface area contributed by atoms with Crippen LogP contribution in [-0.2, 0) is 17.9 Å². The molecule has 1 amide bonds. The van der Waals surface area contributed by atoms with Crippen LogP contribution in [0.3, 0.4) is 0 Å². The van der Waals surface area contributed by atoms with E-state index in [-0.39, 0.29) is 37.0 Å². The summed E-state index contributed by atoms with van der Waals surface area (Å²) in [5, 5.41) is 12.0. The summed E-state index contributed by atoms with van der Waals surface area (Å²) >= 11 is 12.1. The van der Waals surface area contributed by atoms with E-state index in [0.29, 0.717) is 26.6 Å². The van der Waals surface area contributed by atoms with Crippen LogP contribution in [0, 0.1) is 0 Å². The Bertz CT molecular complexity index is 1290. The monoisotopic (exact) mass is 475 g/mol. The molecule has 7 nitrogen and oxygen atoms in total. The summed E-state index contributed by atoms with van der Waals surface area (Å²) in [6, 6.07) is 15.8. The van der Waals surface area contributed by atoms with Crippen LogP contribution in [0.2, 0.25) is 10.0 Å². The number of benzene rings is 2. The molecular formula is C21H16Cl3N5O2. The molecule has 31 heavy (non-hydrogen) atoms. The van der Waals surface area contributed by atoms with E-state index in [0.717, 1.165) is 5.56 Å². The fourth-order valence-electron chi connectivity index (χ4n) is 2.95. The largest absolute Gasteiger partial charge is 1.00 e. The summed E-state index contributed by atoms with van der Waals surface area (Å²) in [7, 11) is 0. The van der Waals surface area contributed by atoms with Gasteiger partial charge in [0.2, 0.25) is 6.54 Å². The molecule has 1 N–H and O–H groups in total. The third-order valence-electron chi connectivity index (χ3n) is 4.47. The molecule has 0 aliphatic carbocycles. The molecule has 0 saturated heterocycles. The van der Waals surface area contributed by atoms with Gasteiger partial charge >= 0.3 is 0 Å². The quantitative estimate of drug-likeness (QED) is 0.414. The Kier molecular flexibility index (Phi) is 7.22. The Labute approximate surface area is 193 Å². The number of halogens is 3. The number of pyridine rings is 1. The number of amides is 1. The molecule has 4 rings (SSSR count). The smallest absolute Gasteiger partial charge is 0.290 e. The van der Waals surface area contributed by atoms with Crippen LogP contribution in [-0.4, -0.2) is 20.9 Å². The highest BCUT2D eigenvalue weighted by Gasteiger charge is 2.13. The zero-order valence-electron chi connectivity index (χ0n) is 16.0. The fraction of sp³-hybridized carbons (Fsp3) is 0.0952.